The SMILES string of the molecule is CCCc1sc(Nc2ccc3ccccc3c2)nc1-c1ccccc1. The predicted octanol–water partition coefficient (Wildman–Crippen LogP) is 6.66. The standard InChI is InChI=1S/C22H20N2S/c1-2-8-20-21(17-10-4-3-5-11-17)24-22(25-20)23-19-14-13-16-9-6-7-12-18(16)15-19/h3-7,9-15H,2,8H2,1H3,(H,23,24). The molecule has 1 N–H and O–H groups in total. The third kappa shape index (κ3) is 3.42. The highest BCUT2D eigenvalue weighted by Gasteiger charge is 2.12. The van der Waals surface area contributed by atoms with Gasteiger partial charge in [-0.25, -0.2) is 4.98 Å². The van der Waals surface area contributed by atoms with Crippen LogP contribution in [0.4, 0.5) is 10.8 Å². The molecule has 0 aliphatic carbocycles. The maximum Gasteiger partial charge on any atom is 0.187 e. The predicted molar refractivity (Wildman–Crippen MR) is 109 cm³/mol. The fourth-order valence-electron chi connectivity index (χ4n) is 3.01. The molecule has 2 nitrogen and oxygen atoms in total. The number of hydrogen-bond acceptors (Lipinski definition) is 3. The van der Waals surface area contributed by atoms with Gasteiger partial charge in [-0.2, -0.15) is 0 Å². The molecule has 3 aromatic carbocycles. The highest BCUT2D eigenvalue weighted by Crippen LogP contribution is 2.34. The first-order valence-corrected chi connectivity index (χ1v) is 9.46. The Kier molecular flexibility index (Phi) is 4.49. The Hall–Kier alpha value is -2.65. The van der Waals surface area contributed by atoms with Gasteiger partial charge in [0.15, 0.2) is 5.13 Å². The van der Waals surface area contributed by atoms with Crippen molar-refractivity contribution < 1.29 is 0 Å². The zero-order valence-electron chi connectivity index (χ0n) is 14.2. The molecule has 124 valence electrons. The van der Waals surface area contributed by atoms with E-state index in [1.807, 2.05) is 6.07 Å². The molecule has 0 bridgehead atoms. The number of nitrogens with zero attached hydrogens (tertiary/aromatic N) is 1. The largest absolute Gasteiger partial charge is 0.332 e. The van der Waals surface area contributed by atoms with E-state index in [1.165, 1.54) is 21.2 Å². The molecule has 4 rings (SSSR count). The van der Waals surface area contributed by atoms with Crippen LogP contribution in [-0.2, 0) is 6.42 Å². The molecule has 0 aliphatic heterocycles. The summed E-state index contributed by atoms with van der Waals surface area (Å²) in [5, 5.41) is 6.94. The van der Waals surface area contributed by atoms with Crippen LogP contribution >= 0.6 is 11.3 Å². The number of anilines is 2. The van der Waals surface area contributed by atoms with Crippen LogP contribution in [0, 0.1) is 0 Å². The number of nitrogens with one attached hydrogen (secondary N) is 1. The van der Waals surface area contributed by atoms with Gasteiger partial charge in [0, 0.05) is 16.1 Å². The summed E-state index contributed by atoms with van der Waals surface area (Å²) in [6.07, 6.45) is 2.18. The molecule has 0 fully saturated rings. The van der Waals surface area contributed by atoms with E-state index in [9.17, 15) is 0 Å². The van der Waals surface area contributed by atoms with Gasteiger partial charge in [-0.05, 0) is 29.3 Å². The fourth-order valence-corrected chi connectivity index (χ4v) is 4.12. The van der Waals surface area contributed by atoms with Crippen molar-refractivity contribution in [3.8, 4) is 11.3 Å². The molecule has 1 aromatic heterocycles. The van der Waals surface area contributed by atoms with Gasteiger partial charge in [-0.1, -0.05) is 74.0 Å². The zero-order chi connectivity index (χ0) is 17.1. The van der Waals surface area contributed by atoms with Crippen molar-refractivity contribution in [2.24, 2.45) is 0 Å². The first-order chi connectivity index (χ1) is 12.3. The summed E-state index contributed by atoms with van der Waals surface area (Å²) in [6.45, 7) is 2.21. The number of rotatable bonds is 5. The molecular formula is C22H20N2S. The summed E-state index contributed by atoms with van der Waals surface area (Å²) in [5.74, 6) is 0. The Morgan fingerprint density at radius 1 is 0.880 bits per heavy atom. The van der Waals surface area contributed by atoms with E-state index in [0.717, 1.165) is 29.4 Å². The van der Waals surface area contributed by atoms with Gasteiger partial charge in [0.25, 0.3) is 0 Å². The van der Waals surface area contributed by atoms with Gasteiger partial charge in [0.1, 0.15) is 0 Å². The van der Waals surface area contributed by atoms with E-state index in [2.05, 4.69) is 79.0 Å². The van der Waals surface area contributed by atoms with Crippen molar-refractivity contribution in [1.82, 2.24) is 4.98 Å². The minimum absolute atomic E-state index is 0.956. The van der Waals surface area contributed by atoms with Gasteiger partial charge < -0.3 is 5.32 Å². The summed E-state index contributed by atoms with van der Waals surface area (Å²) in [6, 6.07) is 25.3. The minimum atomic E-state index is 0.956. The quantitative estimate of drug-likeness (QED) is 0.438. The van der Waals surface area contributed by atoms with Crippen LogP contribution < -0.4 is 5.32 Å². The Morgan fingerprint density at radius 3 is 2.44 bits per heavy atom. The molecule has 0 aliphatic rings. The number of aryl methyl sites for hydroxylation is 1. The molecule has 3 heteroatoms. The molecule has 0 saturated carbocycles. The average Bonchev–Trinajstić information content (AvgIpc) is 3.05. The molecule has 0 spiro atoms. The lowest BCUT2D eigenvalue weighted by Crippen LogP contribution is -1.89. The van der Waals surface area contributed by atoms with Crippen molar-refractivity contribution in [2.75, 3.05) is 5.32 Å². The first-order valence-electron chi connectivity index (χ1n) is 8.64. The maximum atomic E-state index is 4.88. The highest BCUT2D eigenvalue weighted by atomic mass is 32.1. The van der Waals surface area contributed by atoms with Crippen LogP contribution in [0.15, 0.2) is 72.8 Å². The van der Waals surface area contributed by atoms with Gasteiger partial charge in [0.2, 0.25) is 0 Å². The second kappa shape index (κ2) is 7.08. The molecule has 4 aromatic rings. The maximum absolute atomic E-state index is 4.88. The Labute approximate surface area is 152 Å². The number of aromatic nitrogens is 1. The topological polar surface area (TPSA) is 24.9 Å². The van der Waals surface area contributed by atoms with Crippen LogP contribution in [0.2, 0.25) is 0 Å². The number of fused-ring (bicyclic) bond motifs is 1. The van der Waals surface area contributed by atoms with E-state index in [-0.39, 0.29) is 0 Å². The normalized spacial score (nSPS) is 10.9. The second-order valence-electron chi connectivity index (χ2n) is 6.09. The second-order valence-corrected chi connectivity index (χ2v) is 7.18. The molecule has 0 saturated heterocycles. The first kappa shape index (κ1) is 15.9. The van der Waals surface area contributed by atoms with E-state index in [0.29, 0.717) is 0 Å². The van der Waals surface area contributed by atoms with E-state index < -0.39 is 0 Å². The van der Waals surface area contributed by atoms with Crippen molar-refractivity contribution >= 4 is 32.9 Å². The summed E-state index contributed by atoms with van der Waals surface area (Å²) < 4.78 is 0. The lowest BCUT2D eigenvalue weighted by molar-refractivity contribution is 0.938. The molecule has 0 atom stereocenters. The molecule has 1 heterocycles. The number of thiazole rings is 1. The molecule has 25 heavy (non-hydrogen) atoms. The fraction of sp³-hybridized carbons (Fsp3) is 0.136. The van der Waals surface area contributed by atoms with Crippen LogP contribution in [0.25, 0.3) is 22.0 Å². The Morgan fingerprint density at radius 2 is 1.64 bits per heavy atom. The van der Waals surface area contributed by atoms with Gasteiger partial charge in [-0.3, -0.25) is 0 Å². The summed E-state index contributed by atoms with van der Waals surface area (Å²) >= 11 is 1.76. The lowest BCUT2D eigenvalue weighted by Gasteiger charge is -2.04. The van der Waals surface area contributed by atoms with E-state index in [4.69, 9.17) is 4.98 Å². The van der Waals surface area contributed by atoms with Gasteiger partial charge in [-0.15, -0.1) is 11.3 Å². The zero-order valence-corrected chi connectivity index (χ0v) is 15.0. The van der Waals surface area contributed by atoms with Gasteiger partial charge in [0.05, 0.1) is 5.69 Å². The molecule has 0 unspecified atom stereocenters. The third-order valence-corrected chi connectivity index (χ3v) is 5.25. The van der Waals surface area contributed by atoms with Gasteiger partial charge >= 0.3 is 0 Å². The Bertz CT molecular complexity index is 989. The third-order valence-electron chi connectivity index (χ3n) is 4.22. The average molecular weight is 344 g/mol. The lowest BCUT2D eigenvalue weighted by atomic mass is 10.1. The summed E-state index contributed by atoms with van der Waals surface area (Å²) in [4.78, 5) is 6.23. The summed E-state index contributed by atoms with van der Waals surface area (Å²) in [7, 11) is 0. The van der Waals surface area contributed by atoms with Crippen molar-refractivity contribution in [1.29, 1.82) is 0 Å². The number of benzene rings is 3. The monoisotopic (exact) mass is 344 g/mol. The molecular weight excluding hydrogens is 324 g/mol. The van der Waals surface area contributed by atoms with Crippen LogP contribution in [0.3, 0.4) is 0 Å². The van der Waals surface area contributed by atoms with Crippen molar-refractivity contribution in [3.05, 3.63) is 77.7 Å². The molecule has 0 radical (unpaired) electrons. The summed E-state index contributed by atoms with van der Waals surface area (Å²) in [5.41, 5.74) is 3.37. The Balaban J connectivity index is 1.67. The minimum Gasteiger partial charge on any atom is -0.332 e. The van der Waals surface area contributed by atoms with Crippen LogP contribution in [-0.4, -0.2) is 4.98 Å². The number of hydrogen-bond donors (Lipinski definition) is 1. The van der Waals surface area contributed by atoms with Crippen molar-refractivity contribution in [2.45, 2.75) is 19.8 Å². The molecule has 0 amide bonds. The highest BCUT2D eigenvalue weighted by molar-refractivity contribution is 7.16. The van der Waals surface area contributed by atoms with Crippen LogP contribution in [0.1, 0.15) is 18.2 Å². The van der Waals surface area contributed by atoms with E-state index in [1.54, 1.807) is 11.3 Å². The van der Waals surface area contributed by atoms with Crippen LogP contribution in [0.5, 0.6) is 0 Å². The van der Waals surface area contributed by atoms with Crippen molar-refractivity contribution in [3.63, 3.8) is 0 Å². The van der Waals surface area contributed by atoms with E-state index >= 15 is 0 Å². The smallest absolute Gasteiger partial charge is 0.187 e.